The van der Waals surface area contributed by atoms with Gasteiger partial charge in [-0.05, 0) is 20.5 Å². The zero-order valence-electron chi connectivity index (χ0n) is 8.99. The second-order valence-electron chi connectivity index (χ2n) is 4.55. The number of hydrogen-bond acceptors (Lipinski definition) is 3. The van der Waals surface area contributed by atoms with Gasteiger partial charge in [0.15, 0.2) is 0 Å². The van der Waals surface area contributed by atoms with Crippen LogP contribution in [-0.2, 0) is 4.79 Å². The summed E-state index contributed by atoms with van der Waals surface area (Å²) in [5.74, 6) is 0.615. The van der Waals surface area contributed by atoms with E-state index >= 15 is 0 Å². The van der Waals surface area contributed by atoms with E-state index in [-0.39, 0.29) is 5.92 Å². The monoisotopic (exact) mass is 197 g/mol. The van der Waals surface area contributed by atoms with Crippen LogP contribution in [0.25, 0.3) is 0 Å². The van der Waals surface area contributed by atoms with Crippen LogP contribution in [0.15, 0.2) is 0 Å². The molecule has 1 amide bonds. The van der Waals surface area contributed by atoms with Crippen LogP contribution in [0.2, 0.25) is 0 Å². The van der Waals surface area contributed by atoms with Crippen molar-refractivity contribution in [1.29, 1.82) is 0 Å². The molecule has 0 aromatic carbocycles. The van der Waals surface area contributed by atoms with Crippen LogP contribution in [-0.4, -0.2) is 62.0 Å². The molecule has 2 heterocycles. The van der Waals surface area contributed by atoms with Crippen molar-refractivity contribution in [2.45, 2.75) is 12.5 Å². The summed E-state index contributed by atoms with van der Waals surface area (Å²) in [6, 6.07) is 0.562. The minimum atomic E-state index is 0.260. The number of likely N-dealkylation sites (N-methyl/N-ethyl adjacent to an activating group) is 1. The quantitative estimate of drug-likeness (QED) is 0.640. The third kappa shape index (κ3) is 1.77. The highest BCUT2D eigenvalue weighted by molar-refractivity contribution is 5.80. The van der Waals surface area contributed by atoms with E-state index in [1.54, 1.807) is 0 Å². The lowest BCUT2D eigenvalue weighted by molar-refractivity contribution is -0.136. The van der Waals surface area contributed by atoms with Gasteiger partial charge >= 0.3 is 0 Å². The predicted molar refractivity (Wildman–Crippen MR) is 55.0 cm³/mol. The summed E-state index contributed by atoms with van der Waals surface area (Å²) < 4.78 is 0. The fourth-order valence-corrected chi connectivity index (χ4v) is 2.08. The van der Waals surface area contributed by atoms with E-state index in [9.17, 15) is 4.79 Å². The second-order valence-corrected chi connectivity index (χ2v) is 4.55. The van der Waals surface area contributed by atoms with Crippen molar-refractivity contribution in [3.63, 3.8) is 0 Å². The molecule has 0 radical (unpaired) electrons. The van der Waals surface area contributed by atoms with Crippen LogP contribution in [0.4, 0.5) is 0 Å². The van der Waals surface area contributed by atoms with E-state index in [0.717, 1.165) is 32.6 Å². The molecule has 1 N–H and O–H groups in total. The first kappa shape index (κ1) is 9.93. The molecule has 0 aromatic rings. The van der Waals surface area contributed by atoms with Crippen LogP contribution in [0.5, 0.6) is 0 Å². The summed E-state index contributed by atoms with van der Waals surface area (Å²) >= 11 is 0. The third-order valence-corrected chi connectivity index (χ3v) is 3.34. The number of likely N-dealkylation sites (tertiary alicyclic amines) is 1. The Morgan fingerprint density at radius 3 is 2.57 bits per heavy atom. The highest BCUT2D eigenvalue weighted by Crippen LogP contribution is 2.17. The summed E-state index contributed by atoms with van der Waals surface area (Å²) in [6.45, 7) is 3.62. The minimum Gasteiger partial charge on any atom is -0.341 e. The fourth-order valence-electron chi connectivity index (χ4n) is 2.08. The van der Waals surface area contributed by atoms with Gasteiger partial charge in [-0.1, -0.05) is 0 Å². The van der Waals surface area contributed by atoms with Gasteiger partial charge in [0, 0.05) is 32.2 Å². The maximum absolute atomic E-state index is 11.9. The van der Waals surface area contributed by atoms with E-state index in [2.05, 4.69) is 24.3 Å². The van der Waals surface area contributed by atoms with Crippen LogP contribution < -0.4 is 5.32 Å². The summed E-state index contributed by atoms with van der Waals surface area (Å²) in [7, 11) is 4.17. The summed E-state index contributed by atoms with van der Waals surface area (Å²) in [4.78, 5) is 16.1. The van der Waals surface area contributed by atoms with Gasteiger partial charge in [0.1, 0.15) is 0 Å². The van der Waals surface area contributed by atoms with Crippen molar-refractivity contribution in [3.05, 3.63) is 0 Å². The molecule has 0 spiro atoms. The van der Waals surface area contributed by atoms with Gasteiger partial charge in [0.05, 0.1) is 5.92 Å². The number of rotatable bonds is 2. The first-order chi connectivity index (χ1) is 6.68. The molecule has 2 fully saturated rings. The number of amides is 1. The molecule has 1 atom stereocenters. The van der Waals surface area contributed by atoms with Gasteiger partial charge in [-0.15, -0.1) is 0 Å². The Morgan fingerprint density at radius 1 is 1.43 bits per heavy atom. The van der Waals surface area contributed by atoms with Crippen molar-refractivity contribution in [2.75, 3.05) is 40.3 Å². The Bertz CT molecular complexity index is 225. The molecule has 0 aliphatic carbocycles. The minimum absolute atomic E-state index is 0.260. The van der Waals surface area contributed by atoms with Crippen molar-refractivity contribution in [1.82, 2.24) is 15.1 Å². The Hall–Kier alpha value is -0.610. The Labute approximate surface area is 85.2 Å². The highest BCUT2D eigenvalue weighted by Gasteiger charge is 2.33. The molecule has 0 unspecified atom stereocenters. The standard InChI is InChI=1S/C10H19N3O/c1-12(2)9-3-4-13(7-9)10(14)8-5-11-6-8/h8-9,11H,3-7H2,1-2H3/t9-/m0/s1. The van der Waals surface area contributed by atoms with Crippen LogP contribution in [0.1, 0.15) is 6.42 Å². The molecule has 14 heavy (non-hydrogen) atoms. The normalized spacial score (nSPS) is 28.2. The lowest BCUT2D eigenvalue weighted by Gasteiger charge is -2.30. The summed E-state index contributed by atoms with van der Waals surface area (Å²) in [6.07, 6.45) is 1.12. The van der Waals surface area contributed by atoms with E-state index in [4.69, 9.17) is 0 Å². The molecular formula is C10H19N3O. The SMILES string of the molecule is CN(C)[C@H]1CCN(C(=O)C2CNC2)C1. The second kappa shape index (κ2) is 3.87. The van der Waals surface area contributed by atoms with E-state index < -0.39 is 0 Å². The summed E-state index contributed by atoms with van der Waals surface area (Å²) in [5, 5.41) is 3.14. The first-order valence-electron chi connectivity index (χ1n) is 5.34. The topological polar surface area (TPSA) is 35.6 Å². The van der Waals surface area contributed by atoms with Crippen molar-refractivity contribution in [3.8, 4) is 0 Å². The van der Waals surface area contributed by atoms with Gasteiger partial charge < -0.3 is 15.1 Å². The Balaban J connectivity index is 1.85. The van der Waals surface area contributed by atoms with E-state index in [1.165, 1.54) is 0 Å². The molecule has 2 aliphatic rings. The number of carbonyl (C=O) groups is 1. The van der Waals surface area contributed by atoms with E-state index in [0.29, 0.717) is 11.9 Å². The maximum Gasteiger partial charge on any atom is 0.228 e. The van der Waals surface area contributed by atoms with Crippen LogP contribution in [0, 0.1) is 5.92 Å². The van der Waals surface area contributed by atoms with Gasteiger partial charge in [0.2, 0.25) is 5.91 Å². The molecule has 2 aliphatic heterocycles. The molecule has 0 bridgehead atoms. The molecule has 4 nitrogen and oxygen atoms in total. The largest absolute Gasteiger partial charge is 0.341 e. The molecule has 4 heteroatoms. The fraction of sp³-hybridized carbons (Fsp3) is 0.900. The maximum atomic E-state index is 11.9. The predicted octanol–water partition coefficient (Wildman–Crippen LogP) is -0.632. The average molecular weight is 197 g/mol. The van der Waals surface area contributed by atoms with Crippen LogP contribution >= 0.6 is 0 Å². The van der Waals surface area contributed by atoms with Gasteiger partial charge in [-0.2, -0.15) is 0 Å². The van der Waals surface area contributed by atoms with Crippen LogP contribution in [0.3, 0.4) is 0 Å². The molecular weight excluding hydrogens is 178 g/mol. The Kier molecular flexibility index (Phi) is 2.74. The molecule has 2 rings (SSSR count). The third-order valence-electron chi connectivity index (χ3n) is 3.34. The zero-order valence-corrected chi connectivity index (χ0v) is 8.99. The highest BCUT2D eigenvalue weighted by atomic mass is 16.2. The van der Waals surface area contributed by atoms with Gasteiger partial charge in [-0.3, -0.25) is 4.79 Å². The molecule has 0 aromatic heterocycles. The molecule has 80 valence electrons. The number of nitrogens with one attached hydrogen (secondary N) is 1. The van der Waals surface area contributed by atoms with Gasteiger partial charge in [-0.25, -0.2) is 0 Å². The smallest absolute Gasteiger partial charge is 0.228 e. The lowest BCUT2D eigenvalue weighted by Crippen LogP contribution is -2.51. The number of carbonyl (C=O) groups excluding carboxylic acids is 1. The van der Waals surface area contributed by atoms with Crippen molar-refractivity contribution in [2.24, 2.45) is 5.92 Å². The van der Waals surface area contributed by atoms with Gasteiger partial charge in [0.25, 0.3) is 0 Å². The van der Waals surface area contributed by atoms with E-state index in [1.807, 2.05) is 4.90 Å². The number of nitrogens with zero attached hydrogens (tertiary/aromatic N) is 2. The van der Waals surface area contributed by atoms with Crippen molar-refractivity contribution < 1.29 is 4.79 Å². The average Bonchev–Trinajstić information content (AvgIpc) is 2.48. The summed E-state index contributed by atoms with van der Waals surface area (Å²) in [5.41, 5.74) is 0. The Morgan fingerprint density at radius 2 is 2.14 bits per heavy atom. The van der Waals surface area contributed by atoms with Crippen molar-refractivity contribution >= 4 is 5.91 Å². The lowest BCUT2D eigenvalue weighted by atomic mass is 10.0. The zero-order chi connectivity index (χ0) is 10.1. The first-order valence-corrected chi connectivity index (χ1v) is 5.34. The molecule has 0 saturated carbocycles. The number of hydrogen-bond donors (Lipinski definition) is 1. The molecule has 2 saturated heterocycles.